The molecule has 6 heteroatoms. The number of carbonyl (C=O) groups excluding carboxylic acids is 1. The van der Waals surface area contributed by atoms with E-state index in [0.29, 0.717) is 0 Å². The van der Waals surface area contributed by atoms with Crippen molar-refractivity contribution in [3.63, 3.8) is 0 Å². The van der Waals surface area contributed by atoms with Crippen molar-refractivity contribution in [3.05, 3.63) is 66.7 Å². The lowest BCUT2D eigenvalue weighted by atomic mass is 9.96. The zero-order valence-corrected chi connectivity index (χ0v) is 15.9. The molecular formula is C22H23N5O. The maximum atomic E-state index is 12.6. The number of aromatic nitrogens is 3. The van der Waals surface area contributed by atoms with Gasteiger partial charge < -0.3 is 4.90 Å². The summed E-state index contributed by atoms with van der Waals surface area (Å²) in [4.78, 5) is 19.0. The van der Waals surface area contributed by atoms with E-state index in [2.05, 4.69) is 33.6 Å². The van der Waals surface area contributed by atoms with E-state index in [0.717, 1.165) is 48.3 Å². The Bertz CT molecular complexity index is 1020. The molecule has 3 aromatic rings. The minimum atomic E-state index is -0.392. The van der Waals surface area contributed by atoms with E-state index in [4.69, 9.17) is 0 Å². The highest BCUT2D eigenvalue weighted by Crippen LogP contribution is 2.39. The quantitative estimate of drug-likeness (QED) is 0.767. The summed E-state index contributed by atoms with van der Waals surface area (Å²) in [6.45, 7) is 0.826. The third-order valence-electron chi connectivity index (χ3n) is 6.03. The van der Waals surface area contributed by atoms with Crippen molar-refractivity contribution in [1.29, 1.82) is 0 Å². The molecule has 1 spiro atoms. The molecule has 2 atom stereocenters. The summed E-state index contributed by atoms with van der Waals surface area (Å²) in [7, 11) is 1.89. The number of amides is 1. The van der Waals surface area contributed by atoms with Gasteiger partial charge in [0.2, 0.25) is 5.91 Å². The Balaban J connectivity index is 1.42. The van der Waals surface area contributed by atoms with Gasteiger partial charge >= 0.3 is 0 Å². The van der Waals surface area contributed by atoms with Crippen molar-refractivity contribution in [3.8, 4) is 16.8 Å². The molecule has 0 unspecified atom stereocenters. The minimum absolute atomic E-state index is 0.115. The molecular weight excluding hydrogens is 350 g/mol. The summed E-state index contributed by atoms with van der Waals surface area (Å²) in [6, 6.07) is 14.5. The van der Waals surface area contributed by atoms with Gasteiger partial charge in [0.15, 0.2) is 0 Å². The Labute approximate surface area is 164 Å². The lowest BCUT2D eigenvalue weighted by molar-refractivity contribution is -0.131. The number of carbonyl (C=O) groups is 1. The number of hydrogen-bond donors (Lipinski definition) is 1. The van der Waals surface area contributed by atoms with Crippen LogP contribution in [0.15, 0.2) is 61.1 Å². The van der Waals surface area contributed by atoms with Crippen LogP contribution in [0.5, 0.6) is 0 Å². The maximum Gasteiger partial charge on any atom is 0.242 e. The molecule has 2 fully saturated rings. The Morgan fingerprint density at radius 2 is 2.00 bits per heavy atom. The van der Waals surface area contributed by atoms with Crippen LogP contribution >= 0.6 is 0 Å². The number of rotatable bonds is 3. The van der Waals surface area contributed by atoms with Crippen LogP contribution in [0.25, 0.3) is 16.8 Å². The lowest BCUT2D eigenvalue weighted by Gasteiger charge is -2.23. The second-order valence-electron chi connectivity index (χ2n) is 7.76. The molecule has 142 valence electrons. The van der Waals surface area contributed by atoms with Gasteiger partial charge in [-0.3, -0.25) is 15.1 Å². The first kappa shape index (κ1) is 17.1. The van der Waals surface area contributed by atoms with Crippen molar-refractivity contribution in [2.24, 2.45) is 0 Å². The maximum absolute atomic E-state index is 12.6. The molecule has 2 aliphatic heterocycles. The predicted molar refractivity (Wildman–Crippen MR) is 107 cm³/mol. The second kappa shape index (κ2) is 6.56. The van der Waals surface area contributed by atoms with E-state index < -0.39 is 5.54 Å². The number of benzene rings is 1. The van der Waals surface area contributed by atoms with Crippen molar-refractivity contribution in [2.75, 3.05) is 13.6 Å². The van der Waals surface area contributed by atoms with Gasteiger partial charge in [0.25, 0.3) is 0 Å². The van der Waals surface area contributed by atoms with E-state index in [1.54, 1.807) is 6.20 Å². The van der Waals surface area contributed by atoms with Crippen LogP contribution in [0.4, 0.5) is 0 Å². The first-order valence-corrected chi connectivity index (χ1v) is 9.74. The normalized spacial score (nSPS) is 24.4. The highest BCUT2D eigenvalue weighted by Gasteiger charge is 2.50. The van der Waals surface area contributed by atoms with Gasteiger partial charge in [0.1, 0.15) is 5.54 Å². The largest absolute Gasteiger partial charge is 0.344 e. The molecule has 2 aliphatic rings. The molecule has 5 rings (SSSR count). The topological polar surface area (TPSA) is 63.1 Å². The van der Waals surface area contributed by atoms with Crippen molar-refractivity contribution >= 4 is 5.91 Å². The third kappa shape index (κ3) is 2.81. The summed E-state index contributed by atoms with van der Waals surface area (Å²) in [6.07, 6.45) is 8.27. The molecule has 1 aromatic carbocycles. The van der Waals surface area contributed by atoms with Crippen LogP contribution in [0.1, 0.15) is 31.0 Å². The van der Waals surface area contributed by atoms with Gasteiger partial charge in [0.05, 0.1) is 17.4 Å². The first-order chi connectivity index (χ1) is 13.6. The van der Waals surface area contributed by atoms with E-state index >= 15 is 0 Å². The minimum Gasteiger partial charge on any atom is -0.344 e. The second-order valence-corrected chi connectivity index (χ2v) is 7.76. The molecule has 6 nitrogen and oxygen atoms in total. The molecule has 2 aromatic heterocycles. The molecule has 0 saturated carbocycles. The summed E-state index contributed by atoms with van der Waals surface area (Å²) in [5.74, 6) is 0.220. The molecule has 28 heavy (non-hydrogen) atoms. The zero-order valence-electron chi connectivity index (χ0n) is 15.9. The number of hydrogen-bond acceptors (Lipinski definition) is 4. The van der Waals surface area contributed by atoms with Crippen LogP contribution in [0.3, 0.4) is 0 Å². The summed E-state index contributed by atoms with van der Waals surface area (Å²) >= 11 is 0. The van der Waals surface area contributed by atoms with E-state index in [1.807, 2.05) is 53.3 Å². The van der Waals surface area contributed by atoms with Crippen LogP contribution in [-0.2, 0) is 4.79 Å². The molecule has 1 N–H and O–H groups in total. The smallest absolute Gasteiger partial charge is 0.242 e. The SMILES string of the molecule is CN1CC[C@@]2(CC[C@H](c3cc(-c4cccc(-n5cccn5)c4)ccn3)N2)C1=O. The van der Waals surface area contributed by atoms with Crippen LogP contribution in [-0.4, -0.2) is 44.7 Å². The fourth-order valence-electron chi connectivity index (χ4n) is 4.46. The average molecular weight is 373 g/mol. The number of pyridine rings is 1. The first-order valence-electron chi connectivity index (χ1n) is 9.74. The van der Waals surface area contributed by atoms with Crippen molar-refractivity contribution < 1.29 is 4.79 Å². The van der Waals surface area contributed by atoms with Crippen LogP contribution in [0.2, 0.25) is 0 Å². The lowest BCUT2D eigenvalue weighted by Crippen LogP contribution is -2.47. The number of likely N-dealkylation sites (N-methyl/N-ethyl adjacent to an activating group) is 1. The van der Waals surface area contributed by atoms with Gasteiger partial charge in [-0.1, -0.05) is 12.1 Å². The number of likely N-dealkylation sites (tertiary alicyclic amines) is 1. The van der Waals surface area contributed by atoms with E-state index in [-0.39, 0.29) is 11.9 Å². The fourth-order valence-corrected chi connectivity index (χ4v) is 4.46. The van der Waals surface area contributed by atoms with Crippen molar-refractivity contribution in [1.82, 2.24) is 25.0 Å². The predicted octanol–water partition coefficient (Wildman–Crippen LogP) is 2.96. The van der Waals surface area contributed by atoms with Crippen LogP contribution in [0, 0.1) is 0 Å². The Morgan fingerprint density at radius 1 is 1.11 bits per heavy atom. The van der Waals surface area contributed by atoms with Crippen LogP contribution < -0.4 is 5.32 Å². The van der Waals surface area contributed by atoms with Gasteiger partial charge in [-0.15, -0.1) is 0 Å². The molecule has 0 radical (unpaired) electrons. The summed E-state index contributed by atoms with van der Waals surface area (Å²) in [5, 5.41) is 7.92. The molecule has 0 bridgehead atoms. The van der Waals surface area contributed by atoms with Gasteiger partial charge in [-0.2, -0.15) is 5.10 Å². The monoisotopic (exact) mass is 373 g/mol. The zero-order chi connectivity index (χ0) is 19.1. The Kier molecular flexibility index (Phi) is 4.02. The van der Waals surface area contributed by atoms with Gasteiger partial charge in [-0.05, 0) is 60.7 Å². The number of nitrogens with one attached hydrogen (secondary N) is 1. The van der Waals surface area contributed by atoms with Crippen molar-refractivity contribution in [2.45, 2.75) is 30.8 Å². The Morgan fingerprint density at radius 3 is 2.79 bits per heavy atom. The fraction of sp³-hybridized carbons (Fsp3) is 0.318. The van der Waals surface area contributed by atoms with Gasteiger partial charge in [0, 0.05) is 32.2 Å². The van der Waals surface area contributed by atoms with Gasteiger partial charge in [-0.25, -0.2) is 4.68 Å². The molecule has 1 amide bonds. The average Bonchev–Trinajstić information content (AvgIpc) is 3.47. The molecule has 2 saturated heterocycles. The number of nitrogens with zero attached hydrogens (tertiary/aromatic N) is 4. The summed E-state index contributed by atoms with van der Waals surface area (Å²) in [5.41, 5.74) is 3.88. The summed E-state index contributed by atoms with van der Waals surface area (Å²) < 4.78 is 1.86. The highest BCUT2D eigenvalue weighted by atomic mass is 16.2. The van der Waals surface area contributed by atoms with E-state index in [9.17, 15) is 4.79 Å². The third-order valence-corrected chi connectivity index (χ3v) is 6.03. The highest BCUT2D eigenvalue weighted by molar-refractivity contribution is 5.88. The Hall–Kier alpha value is -2.99. The standard InChI is InChI=1S/C22H23N5O/c1-26-13-9-22(21(26)28)8-6-19(25-22)20-15-17(7-11-23-20)16-4-2-5-18(14-16)27-12-3-10-24-27/h2-5,7,10-12,14-15,19,25H,6,8-9,13H2,1H3/t19-,22+/m1/s1. The molecule has 0 aliphatic carbocycles. The molecule has 4 heterocycles. The van der Waals surface area contributed by atoms with E-state index in [1.165, 1.54) is 0 Å².